The highest BCUT2D eigenvalue weighted by molar-refractivity contribution is 7.91. The molecule has 1 atom stereocenters. The molecule has 0 unspecified atom stereocenters. The first-order valence-corrected chi connectivity index (χ1v) is 8.08. The second-order valence-corrected chi connectivity index (χ2v) is 8.03. The van der Waals surface area contributed by atoms with E-state index in [-0.39, 0.29) is 5.92 Å². The molecule has 0 saturated heterocycles. The molecule has 1 amide bonds. The summed E-state index contributed by atoms with van der Waals surface area (Å²) >= 11 is 0. The van der Waals surface area contributed by atoms with Gasteiger partial charge in [-0.2, -0.15) is 0 Å². The average molecular weight is 293 g/mol. The van der Waals surface area contributed by atoms with E-state index in [2.05, 4.69) is 5.32 Å². The van der Waals surface area contributed by atoms with E-state index < -0.39 is 39.1 Å². The van der Waals surface area contributed by atoms with E-state index in [0.717, 1.165) is 6.26 Å². The van der Waals surface area contributed by atoms with Crippen molar-refractivity contribution in [3.05, 3.63) is 0 Å². The maximum Gasteiger partial charge on any atom is 0.329 e. The molecule has 6 nitrogen and oxygen atoms in total. The van der Waals surface area contributed by atoms with Crippen LogP contribution in [0.15, 0.2) is 0 Å². The fourth-order valence-electron chi connectivity index (χ4n) is 1.32. The minimum absolute atomic E-state index is 0.196. The number of hydrogen-bond acceptors (Lipinski definition) is 5. The molecule has 0 saturated carbocycles. The van der Waals surface area contributed by atoms with Gasteiger partial charge in [-0.1, -0.05) is 13.8 Å². The minimum atomic E-state index is -3.42. The van der Waals surface area contributed by atoms with Crippen LogP contribution in [0.2, 0.25) is 0 Å². The quantitative estimate of drug-likeness (QED) is 0.746. The Kier molecular flexibility index (Phi) is 5.99. The summed E-state index contributed by atoms with van der Waals surface area (Å²) in [7, 11) is -3.42. The van der Waals surface area contributed by atoms with Gasteiger partial charge in [0.2, 0.25) is 5.91 Å². The fraction of sp³-hybridized carbons (Fsp3) is 0.833. The first kappa shape index (κ1) is 17.9. The van der Waals surface area contributed by atoms with Crippen molar-refractivity contribution in [1.82, 2.24) is 5.32 Å². The van der Waals surface area contributed by atoms with Crippen LogP contribution < -0.4 is 5.32 Å². The first-order chi connectivity index (χ1) is 8.32. The average Bonchev–Trinajstić information content (AvgIpc) is 2.07. The van der Waals surface area contributed by atoms with Crippen molar-refractivity contribution in [3.8, 4) is 0 Å². The van der Waals surface area contributed by atoms with E-state index in [0.29, 0.717) is 0 Å². The highest BCUT2D eigenvalue weighted by atomic mass is 32.2. The molecular formula is C12H23NO5S. The molecule has 0 aliphatic rings. The van der Waals surface area contributed by atoms with E-state index in [1.54, 1.807) is 34.6 Å². The van der Waals surface area contributed by atoms with Crippen LogP contribution in [0.5, 0.6) is 0 Å². The summed E-state index contributed by atoms with van der Waals surface area (Å²) in [5.74, 6) is -2.10. The summed E-state index contributed by atoms with van der Waals surface area (Å²) in [6, 6.07) is -0.853. The molecule has 0 fully saturated rings. The van der Waals surface area contributed by atoms with Crippen LogP contribution in [0, 0.1) is 5.92 Å². The molecule has 0 rings (SSSR count). The Labute approximate surface area is 114 Å². The third kappa shape index (κ3) is 8.58. The van der Waals surface area contributed by atoms with Gasteiger partial charge in [-0.25, -0.2) is 13.2 Å². The van der Waals surface area contributed by atoms with Crippen molar-refractivity contribution in [1.29, 1.82) is 0 Å². The third-order valence-electron chi connectivity index (χ3n) is 2.04. The molecule has 0 bridgehead atoms. The van der Waals surface area contributed by atoms with Gasteiger partial charge in [-0.3, -0.25) is 4.79 Å². The molecule has 0 heterocycles. The Morgan fingerprint density at radius 3 is 2.00 bits per heavy atom. The number of nitrogens with one attached hydrogen (secondary N) is 1. The minimum Gasteiger partial charge on any atom is -0.458 e. The molecule has 112 valence electrons. The second kappa shape index (κ2) is 6.36. The van der Waals surface area contributed by atoms with Crippen LogP contribution in [0.3, 0.4) is 0 Å². The second-order valence-electron chi connectivity index (χ2n) is 5.89. The standard InChI is InChI=1S/C12H23NO5S/c1-8(2)10(11(15)18-12(3,4)5)13-9(14)7-19(6,16)17/h8,10H,7H2,1-6H3,(H,13,14)/t10-/m1/s1. The van der Waals surface area contributed by atoms with Crippen molar-refractivity contribution in [2.75, 3.05) is 12.0 Å². The summed E-state index contributed by atoms with van der Waals surface area (Å²) in [4.78, 5) is 23.5. The van der Waals surface area contributed by atoms with Crippen molar-refractivity contribution < 1.29 is 22.7 Å². The van der Waals surface area contributed by atoms with Gasteiger partial charge in [0.1, 0.15) is 17.4 Å². The molecule has 0 aliphatic heterocycles. The summed E-state index contributed by atoms with van der Waals surface area (Å²) in [6.07, 6.45) is 0.963. The monoisotopic (exact) mass is 293 g/mol. The van der Waals surface area contributed by atoms with Crippen LogP contribution in [-0.4, -0.2) is 43.9 Å². The lowest BCUT2D eigenvalue weighted by molar-refractivity contribution is -0.159. The molecule has 0 aliphatic carbocycles. The molecular weight excluding hydrogens is 270 g/mol. The summed E-state index contributed by atoms with van der Waals surface area (Å²) < 4.78 is 27.2. The molecule has 0 aromatic heterocycles. The number of amides is 1. The van der Waals surface area contributed by atoms with E-state index in [9.17, 15) is 18.0 Å². The first-order valence-electron chi connectivity index (χ1n) is 6.02. The number of carbonyl (C=O) groups is 2. The zero-order chi connectivity index (χ0) is 15.4. The molecule has 0 spiro atoms. The van der Waals surface area contributed by atoms with Crippen molar-refractivity contribution in [2.45, 2.75) is 46.3 Å². The Morgan fingerprint density at radius 1 is 1.21 bits per heavy atom. The van der Waals surface area contributed by atoms with E-state index in [1.807, 2.05) is 0 Å². The maximum atomic E-state index is 11.9. The Bertz CT molecular complexity index is 434. The highest BCUT2D eigenvalue weighted by Crippen LogP contribution is 2.12. The predicted octanol–water partition coefficient (Wildman–Crippen LogP) is 0.514. The van der Waals surface area contributed by atoms with Crippen molar-refractivity contribution >= 4 is 21.7 Å². The number of carbonyl (C=O) groups excluding carboxylic acids is 2. The normalized spacial score (nSPS) is 14.1. The predicted molar refractivity (Wildman–Crippen MR) is 72.3 cm³/mol. The topological polar surface area (TPSA) is 89.5 Å². The van der Waals surface area contributed by atoms with Crippen LogP contribution in [0.1, 0.15) is 34.6 Å². The van der Waals surface area contributed by atoms with Gasteiger partial charge in [0, 0.05) is 6.26 Å². The molecule has 7 heteroatoms. The molecule has 1 N–H and O–H groups in total. The van der Waals surface area contributed by atoms with Crippen LogP contribution in [-0.2, 0) is 24.2 Å². The van der Waals surface area contributed by atoms with Gasteiger partial charge in [0.05, 0.1) is 0 Å². The number of ether oxygens (including phenoxy) is 1. The molecule has 0 aromatic carbocycles. The summed E-state index contributed by atoms with van der Waals surface area (Å²) in [5, 5.41) is 2.40. The Hall–Kier alpha value is -1.11. The van der Waals surface area contributed by atoms with E-state index >= 15 is 0 Å². The van der Waals surface area contributed by atoms with E-state index in [1.165, 1.54) is 0 Å². The van der Waals surface area contributed by atoms with Gasteiger partial charge in [-0.05, 0) is 26.7 Å². The summed E-state index contributed by atoms with van der Waals surface area (Å²) in [6.45, 7) is 8.66. The smallest absolute Gasteiger partial charge is 0.329 e. The molecule has 19 heavy (non-hydrogen) atoms. The Balaban J connectivity index is 4.76. The van der Waals surface area contributed by atoms with Crippen LogP contribution >= 0.6 is 0 Å². The van der Waals surface area contributed by atoms with Crippen LogP contribution in [0.25, 0.3) is 0 Å². The fourth-order valence-corrected chi connectivity index (χ4v) is 1.88. The number of hydrogen-bond donors (Lipinski definition) is 1. The summed E-state index contributed by atoms with van der Waals surface area (Å²) in [5.41, 5.74) is -0.661. The number of rotatable bonds is 5. The largest absolute Gasteiger partial charge is 0.458 e. The van der Waals surface area contributed by atoms with Gasteiger partial charge < -0.3 is 10.1 Å². The maximum absolute atomic E-state index is 11.9. The number of esters is 1. The molecule has 0 radical (unpaired) electrons. The lowest BCUT2D eigenvalue weighted by Crippen LogP contribution is -2.48. The van der Waals surface area contributed by atoms with Gasteiger partial charge >= 0.3 is 5.97 Å². The van der Waals surface area contributed by atoms with Gasteiger partial charge in [-0.15, -0.1) is 0 Å². The van der Waals surface area contributed by atoms with Gasteiger partial charge in [0.25, 0.3) is 0 Å². The van der Waals surface area contributed by atoms with Crippen LogP contribution in [0.4, 0.5) is 0 Å². The lowest BCUT2D eigenvalue weighted by Gasteiger charge is -2.26. The third-order valence-corrected chi connectivity index (χ3v) is 2.82. The van der Waals surface area contributed by atoms with Crippen molar-refractivity contribution in [2.24, 2.45) is 5.92 Å². The van der Waals surface area contributed by atoms with E-state index in [4.69, 9.17) is 4.74 Å². The molecule has 0 aromatic rings. The van der Waals surface area contributed by atoms with Crippen molar-refractivity contribution in [3.63, 3.8) is 0 Å². The Morgan fingerprint density at radius 2 is 1.68 bits per heavy atom. The van der Waals surface area contributed by atoms with Gasteiger partial charge in [0.15, 0.2) is 9.84 Å². The zero-order valence-electron chi connectivity index (χ0n) is 12.3. The lowest BCUT2D eigenvalue weighted by atomic mass is 10.0. The zero-order valence-corrected chi connectivity index (χ0v) is 13.1. The number of sulfone groups is 1. The highest BCUT2D eigenvalue weighted by Gasteiger charge is 2.29. The SMILES string of the molecule is CC(C)[C@@H](NC(=O)CS(C)(=O)=O)C(=O)OC(C)(C)C.